The van der Waals surface area contributed by atoms with Crippen LogP contribution in [0.25, 0.3) is 0 Å². The predicted octanol–water partition coefficient (Wildman–Crippen LogP) is 1.90. The summed E-state index contributed by atoms with van der Waals surface area (Å²) in [5, 5.41) is 3.43. The van der Waals surface area contributed by atoms with E-state index in [0.29, 0.717) is 0 Å². The number of methoxy groups -OCH3 is 1. The van der Waals surface area contributed by atoms with Gasteiger partial charge in [0.15, 0.2) is 0 Å². The molecule has 0 spiro atoms. The molecule has 1 N–H and O–H groups in total. The third-order valence-corrected chi connectivity index (χ3v) is 3.24. The fourth-order valence-corrected chi connectivity index (χ4v) is 1.97. The van der Waals surface area contributed by atoms with Gasteiger partial charge in [-0.25, -0.2) is 0 Å². The summed E-state index contributed by atoms with van der Waals surface area (Å²) < 4.78 is 4.98. The molecule has 0 heterocycles. The SMILES string of the molecule is CCC(C)C1CC1CNCCOC. The van der Waals surface area contributed by atoms with E-state index < -0.39 is 0 Å². The Morgan fingerprint density at radius 1 is 1.54 bits per heavy atom. The Bertz CT molecular complexity index is 138. The maximum absolute atomic E-state index is 4.98. The van der Waals surface area contributed by atoms with E-state index in [1.54, 1.807) is 7.11 Å². The van der Waals surface area contributed by atoms with Crippen molar-refractivity contribution in [3.8, 4) is 0 Å². The summed E-state index contributed by atoms with van der Waals surface area (Å²) in [5.74, 6) is 2.88. The van der Waals surface area contributed by atoms with Crippen LogP contribution in [0, 0.1) is 17.8 Å². The van der Waals surface area contributed by atoms with Crippen molar-refractivity contribution in [3.63, 3.8) is 0 Å². The lowest BCUT2D eigenvalue weighted by atomic mass is 10.0. The molecule has 0 radical (unpaired) electrons. The molecular weight excluding hydrogens is 162 g/mol. The molecule has 1 aliphatic carbocycles. The van der Waals surface area contributed by atoms with Crippen molar-refractivity contribution in [3.05, 3.63) is 0 Å². The van der Waals surface area contributed by atoms with E-state index in [1.807, 2.05) is 0 Å². The minimum Gasteiger partial charge on any atom is -0.383 e. The molecule has 1 saturated carbocycles. The second-order valence-electron chi connectivity index (χ2n) is 4.24. The second-order valence-corrected chi connectivity index (χ2v) is 4.24. The van der Waals surface area contributed by atoms with Gasteiger partial charge in [0, 0.05) is 13.7 Å². The van der Waals surface area contributed by atoms with E-state index in [-0.39, 0.29) is 0 Å². The summed E-state index contributed by atoms with van der Waals surface area (Å²) in [6.07, 6.45) is 2.77. The van der Waals surface area contributed by atoms with Gasteiger partial charge in [-0.15, -0.1) is 0 Å². The maximum Gasteiger partial charge on any atom is 0.0587 e. The van der Waals surface area contributed by atoms with Crippen LogP contribution >= 0.6 is 0 Å². The zero-order chi connectivity index (χ0) is 9.68. The lowest BCUT2D eigenvalue weighted by Crippen LogP contribution is -2.22. The smallest absolute Gasteiger partial charge is 0.0587 e. The number of hydrogen-bond acceptors (Lipinski definition) is 2. The highest BCUT2D eigenvalue weighted by atomic mass is 16.5. The van der Waals surface area contributed by atoms with Gasteiger partial charge in [0.2, 0.25) is 0 Å². The zero-order valence-corrected chi connectivity index (χ0v) is 9.18. The van der Waals surface area contributed by atoms with Crippen LogP contribution in [0.5, 0.6) is 0 Å². The van der Waals surface area contributed by atoms with Crippen molar-refractivity contribution in [2.45, 2.75) is 26.7 Å². The van der Waals surface area contributed by atoms with Crippen LogP contribution in [0.3, 0.4) is 0 Å². The van der Waals surface area contributed by atoms with Gasteiger partial charge >= 0.3 is 0 Å². The zero-order valence-electron chi connectivity index (χ0n) is 9.18. The Morgan fingerprint density at radius 3 is 2.92 bits per heavy atom. The molecule has 2 heteroatoms. The molecule has 0 aromatic carbocycles. The van der Waals surface area contributed by atoms with Gasteiger partial charge < -0.3 is 10.1 Å². The molecule has 0 bridgehead atoms. The van der Waals surface area contributed by atoms with Gasteiger partial charge in [-0.2, -0.15) is 0 Å². The van der Waals surface area contributed by atoms with Crippen molar-refractivity contribution in [1.82, 2.24) is 5.32 Å². The predicted molar refractivity (Wildman–Crippen MR) is 55.8 cm³/mol. The van der Waals surface area contributed by atoms with Gasteiger partial charge in [-0.3, -0.25) is 0 Å². The van der Waals surface area contributed by atoms with Crippen LogP contribution in [-0.2, 0) is 4.74 Å². The monoisotopic (exact) mass is 185 g/mol. The molecule has 3 atom stereocenters. The highest BCUT2D eigenvalue weighted by Gasteiger charge is 2.39. The lowest BCUT2D eigenvalue weighted by molar-refractivity contribution is 0.199. The van der Waals surface area contributed by atoms with E-state index in [4.69, 9.17) is 4.74 Å². The van der Waals surface area contributed by atoms with Gasteiger partial charge in [-0.1, -0.05) is 20.3 Å². The van der Waals surface area contributed by atoms with Crippen LogP contribution in [0.1, 0.15) is 26.7 Å². The fourth-order valence-electron chi connectivity index (χ4n) is 1.97. The largest absolute Gasteiger partial charge is 0.383 e. The molecule has 3 unspecified atom stereocenters. The molecule has 1 rings (SSSR count). The van der Waals surface area contributed by atoms with Crippen molar-refractivity contribution < 1.29 is 4.74 Å². The molecule has 0 aromatic rings. The van der Waals surface area contributed by atoms with E-state index in [0.717, 1.165) is 30.9 Å². The summed E-state index contributed by atoms with van der Waals surface area (Å²) in [4.78, 5) is 0. The first-order chi connectivity index (χ1) is 6.29. The number of ether oxygens (including phenoxy) is 1. The van der Waals surface area contributed by atoms with Crippen LogP contribution in [0.2, 0.25) is 0 Å². The summed E-state index contributed by atoms with van der Waals surface area (Å²) in [7, 11) is 1.75. The molecule has 0 amide bonds. The Kier molecular flexibility index (Phi) is 4.74. The first-order valence-electron chi connectivity index (χ1n) is 5.49. The van der Waals surface area contributed by atoms with Gasteiger partial charge in [-0.05, 0) is 30.7 Å². The lowest BCUT2D eigenvalue weighted by Gasteiger charge is -2.07. The molecule has 0 aliphatic heterocycles. The third kappa shape index (κ3) is 3.65. The molecule has 0 aromatic heterocycles. The summed E-state index contributed by atoms with van der Waals surface area (Å²) in [6.45, 7) is 7.69. The van der Waals surface area contributed by atoms with Crippen LogP contribution in [0.15, 0.2) is 0 Å². The Balaban J connectivity index is 1.95. The molecule has 0 saturated heterocycles. The first-order valence-corrected chi connectivity index (χ1v) is 5.49. The van der Waals surface area contributed by atoms with E-state index in [2.05, 4.69) is 19.2 Å². The normalized spacial score (nSPS) is 28.8. The number of hydrogen-bond donors (Lipinski definition) is 1. The second kappa shape index (κ2) is 5.61. The fraction of sp³-hybridized carbons (Fsp3) is 1.00. The minimum absolute atomic E-state index is 0.834. The van der Waals surface area contributed by atoms with E-state index >= 15 is 0 Å². The topological polar surface area (TPSA) is 21.3 Å². The van der Waals surface area contributed by atoms with Crippen LogP contribution in [-0.4, -0.2) is 26.8 Å². The summed E-state index contributed by atoms with van der Waals surface area (Å²) in [5.41, 5.74) is 0. The van der Waals surface area contributed by atoms with Crippen LogP contribution < -0.4 is 5.32 Å². The van der Waals surface area contributed by atoms with E-state index in [1.165, 1.54) is 19.4 Å². The molecule has 78 valence electrons. The maximum atomic E-state index is 4.98. The Morgan fingerprint density at radius 2 is 2.31 bits per heavy atom. The third-order valence-electron chi connectivity index (χ3n) is 3.24. The highest BCUT2D eigenvalue weighted by molar-refractivity contribution is 4.90. The summed E-state index contributed by atoms with van der Waals surface area (Å²) in [6, 6.07) is 0. The first kappa shape index (κ1) is 11.0. The Hall–Kier alpha value is -0.0800. The average Bonchev–Trinajstić information content (AvgIpc) is 2.91. The standard InChI is InChI=1S/C11H23NO/c1-4-9(2)11-7-10(11)8-12-5-6-13-3/h9-12H,4-8H2,1-3H3. The minimum atomic E-state index is 0.834. The van der Waals surface area contributed by atoms with Gasteiger partial charge in [0.25, 0.3) is 0 Å². The Labute approximate surface area is 82.0 Å². The van der Waals surface area contributed by atoms with Crippen molar-refractivity contribution >= 4 is 0 Å². The van der Waals surface area contributed by atoms with Gasteiger partial charge in [0.1, 0.15) is 0 Å². The van der Waals surface area contributed by atoms with Crippen molar-refractivity contribution in [2.75, 3.05) is 26.8 Å². The molecular formula is C11H23NO. The van der Waals surface area contributed by atoms with Gasteiger partial charge in [0.05, 0.1) is 6.61 Å². The van der Waals surface area contributed by atoms with E-state index in [9.17, 15) is 0 Å². The average molecular weight is 185 g/mol. The molecule has 2 nitrogen and oxygen atoms in total. The van der Waals surface area contributed by atoms with Crippen LogP contribution in [0.4, 0.5) is 0 Å². The molecule has 1 aliphatic rings. The number of nitrogens with one attached hydrogen (secondary N) is 1. The molecule has 1 fully saturated rings. The van der Waals surface area contributed by atoms with Crippen molar-refractivity contribution in [1.29, 1.82) is 0 Å². The van der Waals surface area contributed by atoms with Crippen molar-refractivity contribution in [2.24, 2.45) is 17.8 Å². The highest BCUT2D eigenvalue weighted by Crippen LogP contribution is 2.44. The molecule has 13 heavy (non-hydrogen) atoms. The number of rotatable bonds is 7. The quantitative estimate of drug-likeness (QED) is 0.612. The summed E-state index contributed by atoms with van der Waals surface area (Å²) >= 11 is 0.